The van der Waals surface area contributed by atoms with Gasteiger partial charge in [-0.1, -0.05) is 6.07 Å². The number of carbonyl (C=O) groups excluding carboxylic acids is 2. The van der Waals surface area contributed by atoms with E-state index >= 15 is 0 Å². The SMILES string of the molecule is CC(C)(C)OC(=O)NCCNC1CN(C(=O)c2cc3ccc(C(F)(F)F)cc3s2)C1. The van der Waals surface area contributed by atoms with Crippen LogP contribution in [-0.4, -0.2) is 54.7 Å². The van der Waals surface area contributed by atoms with Gasteiger partial charge in [-0.05, 0) is 44.4 Å². The van der Waals surface area contributed by atoms with Crippen molar-refractivity contribution in [1.82, 2.24) is 15.5 Å². The first-order valence-corrected chi connectivity index (χ1v) is 10.3. The normalized spacial score (nSPS) is 15.2. The quantitative estimate of drug-likeness (QED) is 0.689. The number of nitrogens with zero attached hydrogens (tertiary/aromatic N) is 1. The Morgan fingerprint density at radius 3 is 2.50 bits per heavy atom. The maximum absolute atomic E-state index is 12.9. The molecule has 1 fully saturated rings. The first kappa shape index (κ1) is 22.4. The molecular weight excluding hydrogens is 419 g/mol. The Morgan fingerprint density at radius 2 is 1.87 bits per heavy atom. The number of benzene rings is 1. The zero-order valence-corrected chi connectivity index (χ0v) is 17.7. The molecular formula is C20H24F3N3O3S. The fourth-order valence-electron chi connectivity index (χ4n) is 3.00. The Hall–Kier alpha value is -2.33. The topological polar surface area (TPSA) is 70.7 Å². The molecule has 1 saturated heterocycles. The van der Waals surface area contributed by atoms with E-state index in [-0.39, 0.29) is 11.9 Å². The van der Waals surface area contributed by atoms with Crippen LogP contribution >= 0.6 is 11.3 Å². The van der Waals surface area contributed by atoms with E-state index < -0.39 is 23.4 Å². The van der Waals surface area contributed by atoms with Crippen LogP contribution < -0.4 is 10.6 Å². The number of likely N-dealkylation sites (tertiary alicyclic amines) is 1. The molecule has 1 aromatic carbocycles. The van der Waals surface area contributed by atoms with E-state index in [4.69, 9.17) is 4.74 Å². The number of halogens is 3. The van der Waals surface area contributed by atoms with Gasteiger partial charge in [0.2, 0.25) is 0 Å². The third kappa shape index (κ3) is 5.63. The summed E-state index contributed by atoms with van der Waals surface area (Å²) in [6.45, 7) is 7.32. The number of ether oxygens (including phenoxy) is 1. The van der Waals surface area contributed by atoms with Crippen LogP contribution in [0.4, 0.5) is 18.0 Å². The lowest BCUT2D eigenvalue weighted by molar-refractivity contribution is -0.137. The van der Waals surface area contributed by atoms with Crippen LogP contribution in [0.2, 0.25) is 0 Å². The Kier molecular flexibility index (Phi) is 6.28. The standard InChI is InChI=1S/C20H24F3N3O3S/c1-19(2,3)29-18(28)25-7-6-24-14-10-26(11-14)17(27)16-8-12-4-5-13(20(21,22)23)9-15(12)30-16/h4-5,8-9,14,24H,6-7,10-11H2,1-3H3,(H,25,28). The summed E-state index contributed by atoms with van der Waals surface area (Å²) in [5.41, 5.74) is -1.27. The average molecular weight is 443 g/mol. The van der Waals surface area contributed by atoms with Crippen LogP contribution in [0.25, 0.3) is 10.1 Å². The van der Waals surface area contributed by atoms with Crippen LogP contribution in [0.15, 0.2) is 24.3 Å². The van der Waals surface area contributed by atoms with E-state index in [1.54, 1.807) is 31.7 Å². The van der Waals surface area contributed by atoms with Gasteiger partial charge in [0, 0.05) is 36.9 Å². The van der Waals surface area contributed by atoms with Crippen molar-refractivity contribution in [2.75, 3.05) is 26.2 Å². The molecule has 0 atom stereocenters. The van der Waals surface area contributed by atoms with E-state index in [9.17, 15) is 22.8 Å². The molecule has 6 nitrogen and oxygen atoms in total. The molecule has 30 heavy (non-hydrogen) atoms. The fourth-order valence-corrected chi connectivity index (χ4v) is 4.07. The average Bonchev–Trinajstić information content (AvgIpc) is 3.00. The highest BCUT2D eigenvalue weighted by Crippen LogP contribution is 2.35. The molecule has 0 radical (unpaired) electrons. The largest absolute Gasteiger partial charge is 0.444 e. The monoisotopic (exact) mass is 443 g/mol. The molecule has 2 aromatic rings. The zero-order valence-electron chi connectivity index (χ0n) is 16.9. The van der Waals surface area contributed by atoms with E-state index in [1.165, 1.54) is 6.07 Å². The summed E-state index contributed by atoms with van der Waals surface area (Å²) < 4.78 is 44.1. The van der Waals surface area contributed by atoms with E-state index in [0.717, 1.165) is 23.5 Å². The van der Waals surface area contributed by atoms with Gasteiger partial charge in [-0.25, -0.2) is 4.79 Å². The van der Waals surface area contributed by atoms with Crippen LogP contribution in [0, 0.1) is 0 Å². The minimum absolute atomic E-state index is 0.112. The summed E-state index contributed by atoms with van der Waals surface area (Å²) in [5, 5.41) is 6.51. The minimum Gasteiger partial charge on any atom is -0.444 e. The van der Waals surface area contributed by atoms with Gasteiger partial charge in [-0.15, -0.1) is 11.3 Å². The van der Waals surface area contributed by atoms with Gasteiger partial charge in [0.15, 0.2) is 0 Å². The number of fused-ring (bicyclic) bond motifs is 1. The number of carbonyl (C=O) groups is 2. The third-order valence-corrected chi connectivity index (χ3v) is 5.54. The van der Waals surface area contributed by atoms with Gasteiger partial charge in [0.1, 0.15) is 5.60 Å². The summed E-state index contributed by atoms with van der Waals surface area (Å²) in [6.07, 6.45) is -4.88. The van der Waals surface area contributed by atoms with Crippen molar-refractivity contribution in [2.45, 2.75) is 38.6 Å². The maximum Gasteiger partial charge on any atom is 0.416 e. The number of hydrogen-bond donors (Lipinski definition) is 2. The number of hydrogen-bond acceptors (Lipinski definition) is 5. The van der Waals surface area contributed by atoms with Gasteiger partial charge in [0.25, 0.3) is 5.91 Å². The van der Waals surface area contributed by atoms with Crippen LogP contribution in [0.1, 0.15) is 36.0 Å². The lowest BCUT2D eigenvalue weighted by Gasteiger charge is -2.39. The molecule has 10 heteroatoms. The van der Waals surface area contributed by atoms with Crippen molar-refractivity contribution in [2.24, 2.45) is 0 Å². The number of amides is 2. The number of thiophene rings is 1. The summed E-state index contributed by atoms with van der Waals surface area (Å²) in [5.74, 6) is -0.185. The van der Waals surface area contributed by atoms with Crippen LogP contribution in [0.3, 0.4) is 0 Å². The molecule has 0 spiro atoms. The summed E-state index contributed by atoms with van der Waals surface area (Å²) in [7, 11) is 0. The number of nitrogens with one attached hydrogen (secondary N) is 2. The third-order valence-electron chi connectivity index (χ3n) is 4.45. The second-order valence-electron chi connectivity index (χ2n) is 8.15. The molecule has 2 amide bonds. The zero-order chi connectivity index (χ0) is 22.1. The number of alkyl carbamates (subject to hydrolysis) is 1. The lowest BCUT2D eigenvalue weighted by atomic mass is 10.1. The highest BCUT2D eigenvalue weighted by Gasteiger charge is 2.33. The highest BCUT2D eigenvalue weighted by atomic mass is 32.1. The Labute approximate surface area is 176 Å². The molecule has 0 unspecified atom stereocenters. The van der Waals surface area contributed by atoms with Gasteiger partial charge < -0.3 is 20.3 Å². The predicted octanol–water partition coefficient (Wildman–Crippen LogP) is 3.86. The van der Waals surface area contributed by atoms with Crippen molar-refractivity contribution < 1.29 is 27.5 Å². The van der Waals surface area contributed by atoms with Crippen LogP contribution in [-0.2, 0) is 10.9 Å². The molecule has 0 aliphatic carbocycles. The highest BCUT2D eigenvalue weighted by molar-refractivity contribution is 7.20. The fraction of sp³-hybridized carbons (Fsp3) is 0.500. The second kappa shape index (κ2) is 8.43. The Bertz CT molecular complexity index is 931. The molecule has 1 aliphatic rings. The van der Waals surface area contributed by atoms with Crippen molar-refractivity contribution in [3.63, 3.8) is 0 Å². The van der Waals surface area contributed by atoms with E-state index in [0.29, 0.717) is 41.1 Å². The van der Waals surface area contributed by atoms with E-state index in [1.807, 2.05) is 0 Å². The van der Waals surface area contributed by atoms with Crippen molar-refractivity contribution >= 4 is 33.4 Å². The summed E-state index contributed by atoms with van der Waals surface area (Å²) >= 11 is 1.07. The van der Waals surface area contributed by atoms with E-state index in [2.05, 4.69) is 10.6 Å². The Morgan fingerprint density at radius 1 is 1.17 bits per heavy atom. The molecule has 1 aliphatic heterocycles. The van der Waals surface area contributed by atoms with Crippen molar-refractivity contribution in [1.29, 1.82) is 0 Å². The molecule has 2 N–H and O–H groups in total. The van der Waals surface area contributed by atoms with Gasteiger partial charge in [-0.3, -0.25) is 4.79 Å². The molecule has 3 rings (SSSR count). The number of alkyl halides is 3. The first-order valence-electron chi connectivity index (χ1n) is 9.53. The second-order valence-corrected chi connectivity index (χ2v) is 9.23. The van der Waals surface area contributed by atoms with Crippen molar-refractivity contribution in [3.8, 4) is 0 Å². The molecule has 1 aromatic heterocycles. The molecule has 164 valence electrons. The molecule has 0 bridgehead atoms. The smallest absolute Gasteiger partial charge is 0.416 e. The summed E-state index contributed by atoms with van der Waals surface area (Å²) in [4.78, 5) is 26.2. The van der Waals surface area contributed by atoms with Crippen LogP contribution in [0.5, 0.6) is 0 Å². The predicted molar refractivity (Wildman–Crippen MR) is 109 cm³/mol. The van der Waals surface area contributed by atoms with Gasteiger partial charge >= 0.3 is 12.3 Å². The number of rotatable bonds is 5. The maximum atomic E-state index is 12.9. The minimum atomic E-state index is -4.41. The lowest BCUT2D eigenvalue weighted by Crippen LogP contribution is -2.60. The first-order chi connectivity index (χ1) is 13.9. The molecule has 0 saturated carbocycles. The summed E-state index contributed by atoms with van der Waals surface area (Å²) in [6, 6.07) is 5.24. The Balaban J connectivity index is 1.44. The molecule has 2 heterocycles. The van der Waals surface area contributed by atoms with Gasteiger partial charge in [-0.2, -0.15) is 13.2 Å². The van der Waals surface area contributed by atoms with Crippen molar-refractivity contribution in [3.05, 3.63) is 34.7 Å². The van der Waals surface area contributed by atoms with Gasteiger partial charge in [0.05, 0.1) is 10.4 Å².